The average molecular weight is 263 g/mol. The molecule has 2 rings (SSSR count). The van der Waals surface area contributed by atoms with Crippen molar-refractivity contribution in [3.63, 3.8) is 0 Å². The summed E-state index contributed by atoms with van der Waals surface area (Å²) in [6.45, 7) is 0.519. The third-order valence-electron chi connectivity index (χ3n) is 3.51. The summed E-state index contributed by atoms with van der Waals surface area (Å²) in [5.41, 5.74) is 0.939. The summed E-state index contributed by atoms with van der Waals surface area (Å²) in [5.74, 6) is -0.835. The molecule has 0 aromatic heterocycles. The summed E-state index contributed by atoms with van der Waals surface area (Å²) >= 11 is 0. The molecule has 0 saturated carbocycles. The smallest absolute Gasteiger partial charge is 0.318 e. The Balaban J connectivity index is 2.30. The number of likely N-dealkylation sites (tertiary alicyclic amines) is 1. The lowest BCUT2D eigenvalue weighted by atomic mass is 9.88. The predicted octanol–water partition coefficient (Wildman–Crippen LogP) is 1.04. The maximum atomic E-state index is 12.0. The molecule has 1 aromatic carbocycles. The van der Waals surface area contributed by atoms with Gasteiger partial charge in [0, 0.05) is 19.5 Å². The largest absolute Gasteiger partial charge is 0.497 e. The lowest BCUT2D eigenvalue weighted by molar-refractivity contribution is -0.150. The molecule has 0 aliphatic carbocycles. The molecule has 0 N–H and O–H groups in total. The van der Waals surface area contributed by atoms with Crippen LogP contribution in [0.25, 0.3) is 0 Å². The summed E-state index contributed by atoms with van der Waals surface area (Å²) in [5, 5.41) is 0. The maximum absolute atomic E-state index is 12.0. The van der Waals surface area contributed by atoms with E-state index >= 15 is 0 Å². The first-order valence-electron chi connectivity index (χ1n) is 6.05. The highest BCUT2D eigenvalue weighted by Crippen LogP contribution is 2.34. The average Bonchev–Trinajstić information content (AvgIpc) is 2.74. The summed E-state index contributed by atoms with van der Waals surface area (Å²) in [4.78, 5) is 25.4. The second-order valence-electron chi connectivity index (χ2n) is 4.60. The quantitative estimate of drug-likeness (QED) is 0.604. The molecule has 5 heteroatoms. The Hall–Kier alpha value is -2.04. The molecule has 0 bridgehead atoms. The van der Waals surface area contributed by atoms with Crippen molar-refractivity contribution in [2.24, 2.45) is 5.92 Å². The summed E-state index contributed by atoms with van der Waals surface area (Å²) in [6.07, 6.45) is 0. The molecule has 1 aliphatic heterocycles. The summed E-state index contributed by atoms with van der Waals surface area (Å²) < 4.78 is 9.84. The van der Waals surface area contributed by atoms with Crippen LogP contribution in [0.5, 0.6) is 5.75 Å². The number of hydrogen-bond donors (Lipinski definition) is 0. The van der Waals surface area contributed by atoms with Crippen molar-refractivity contribution >= 4 is 11.9 Å². The molecule has 1 heterocycles. The maximum Gasteiger partial charge on any atom is 0.318 e. The number of ether oxygens (including phenoxy) is 2. The van der Waals surface area contributed by atoms with Gasteiger partial charge in [-0.05, 0) is 17.7 Å². The normalized spacial score (nSPS) is 22.5. The first-order valence-corrected chi connectivity index (χ1v) is 6.05. The molecule has 0 radical (unpaired) electrons. The van der Waals surface area contributed by atoms with Gasteiger partial charge in [-0.2, -0.15) is 0 Å². The fraction of sp³-hybridized carbons (Fsp3) is 0.429. The van der Waals surface area contributed by atoms with Crippen molar-refractivity contribution in [1.82, 2.24) is 4.90 Å². The van der Waals surface area contributed by atoms with E-state index in [0.29, 0.717) is 6.54 Å². The highest BCUT2D eigenvalue weighted by atomic mass is 16.5. The molecule has 1 fully saturated rings. The van der Waals surface area contributed by atoms with Gasteiger partial charge in [0.1, 0.15) is 11.7 Å². The number of hydrogen-bond acceptors (Lipinski definition) is 4. The van der Waals surface area contributed by atoms with Crippen LogP contribution < -0.4 is 4.74 Å². The minimum atomic E-state index is -0.747. The van der Waals surface area contributed by atoms with Gasteiger partial charge in [-0.3, -0.25) is 9.59 Å². The molecule has 1 saturated heterocycles. The van der Waals surface area contributed by atoms with E-state index in [1.165, 1.54) is 7.11 Å². The van der Waals surface area contributed by atoms with E-state index in [0.717, 1.165) is 11.3 Å². The molecule has 1 amide bonds. The van der Waals surface area contributed by atoms with Gasteiger partial charge < -0.3 is 14.4 Å². The van der Waals surface area contributed by atoms with Crippen molar-refractivity contribution in [2.45, 2.75) is 5.92 Å². The van der Waals surface area contributed by atoms with Crippen LogP contribution in [0, 0.1) is 5.92 Å². The van der Waals surface area contributed by atoms with Crippen molar-refractivity contribution in [3.8, 4) is 5.75 Å². The zero-order chi connectivity index (χ0) is 14.0. The molecule has 102 valence electrons. The molecule has 0 spiro atoms. The standard InChI is InChI=1S/C14H17NO4/c1-15-8-11(12(13(15)16)14(17)19-3)9-4-6-10(18-2)7-5-9/h4-7,11-12H,8H2,1-3H3/t11-,12-/m0/s1. The first kappa shape index (κ1) is 13.4. The van der Waals surface area contributed by atoms with Gasteiger partial charge in [0.15, 0.2) is 0 Å². The Morgan fingerprint density at radius 3 is 2.42 bits per heavy atom. The van der Waals surface area contributed by atoms with Crippen molar-refractivity contribution in [2.75, 3.05) is 27.8 Å². The second-order valence-corrected chi connectivity index (χ2v) is 4.60. The number of benzene rings is 1. The Bertz CT molecular complexity index is 483. The number of esters is 1. The van der Waals surface area contributed by atoms with Crippen LogP contribution in [0.1, 0.15) is 11.5 Å². The number of carbonyl (C=O) groups excluding carboxylic acids is 2. The van der Waals surface area contributed by atoms with E-state index in [9.17, 15) is 9.59 Å². The lowest BCUT2D eigenvalue weighted by Gasteiger charge is -2.15. The topological polar surface area (TPSA) is 55.8 Å². The van der Waals surface area contributed by atoms with Crippen LogP contribution in [-0.2, 0) is 14.3 Å². The van der Waals surface area contributed by atoms with Gasteiger partial charge in [-0.25, -0.2) is 0 Å². The van der Waals surface area contributed by atoms with E-state index in [2.05, 4.69) is 0 Å². The van der Waals surface area contributed by atoms with E-state index < -0.39 is 11.9 Å². The molecule has 0 unspecified atom stereocenters. The minimum Gasteiger partial charge on any atom is -0.497 e. The van der Waals surface area contributed by atoms with Crippen molar-refractivity contribution in [3.05, 3.63) is 29.8 Å². The predicted molar refractivity (Wildman–Crippen MR) is 68.9 cm³/mol. The SMILES string of the molecule is COC(=O)[C@@H]1C(=O)N(C)C[C@H]1c1ccc(OC)cc1. The van der Waals surface area contributed by atoms with E-state index in [-0.39, 0.29) is 11.8 Å². The van der Waals surface area contributed by atoms with Crippen LogP contribution in [0.4, 0.5) is 0 Å². The zero-order valence-electron chi connectivity index (χ0n) is 11.3. The monoisotopic (exact) mass is 263 g/mol. The fourth-order valence-electron chi connectivity index (χ4n) is 2.44. The number of carbonyl (C=O) groups is 2. The van der Waals surface area contributed by atoms with Gasteiger partial charge in [-0.1, -0.05) is 12.1 Å². The Morgan fingerprint density at radius 1 is 1.26 bits per heavy atom. The molecule has 1 aliphatic rings. The molecule has 1 aromatic rings. The van der Waals surface area contributed by atoms with E-state index in [1.807, 2.05) is 24.3 Å². The van der Waals surface area contributed by atoms with E-state index in [4.69, 9.17) is 9.47 Å². The lowest BCUT2D eigenvalue weighted by Crippen LogP contribution is -2.29. The minimum absolute atomic E-state index is 0.171. The van der Waals surface area contributed by atoms with Crippen molar-refractivity contribution < 1.29 is 19.1 Å². The molecule has 2 atom stereocenters. The van der Waals surface area contributed by atoms with Gasteiger partial charge in [0.25, 0.3) is 0 Å². The van der Waals surface area contributed by atoms with Gasteiger partial charge >= 0.3 is 5.97 Å². The van der Waals surface area contributed by atoms with Gasteiger partial charge in [0.05, 0.1) is 14.2 Å². The van der Waals surface area contributed by atoms with Crippen LogP contribution in [0.15, 0.2) is 24.3 Å². The second kappa shape index (κ2) is 5.30. The Labute approximate surface area is 112 Å². The van der Waals surface area contributed by atoms with Crippen LogP contribution in [-0.4, -0.2) is 44.6 Å². The summed E-state index contributed by atoms with van der Waals surface area (Å²) in [7, 11) is 4.60. The van der Waals surface area contributed by atoms with E-state index in [1.54, 1.807) is 19.1 Å². The molecule has 5 nitrogen and oxygen atoms in total. The number of methoxy groups -OCH3 is 2. The number of amides is 1. The Kier molecular flexibility index (Phi) is 3.74. The van der Waals surface area contributed by atoms with Crippen LogP contribution in [0.3, 0.4) is 0 Å². The molecular weight excluding hydrogens is 246 g/mol. The molecular formula is C14H17NO4. The van der Waals surface area contributed by atoms with Crippen molar-refractivity contribution in [1.29, 1.82) is 0 Å². The van der Waals surface area contributed by atoms with Gasteiger partial charge in [-0.15, -0.1) is 0 Å². The third-order valence-corrected chi connectivity index (χ3v) is 3.51. The number of nitrogens with zero attached hydrogens (tertiary/aromatic N) is 1. The zero-order valence-corrected chi connectivity index (χ0v) is 11.3. The van der Waals surface area contributed by atoms with Crippen LogP contribution in [0.2, 0.25) is 0 Å². The number of rotatable bonds is 3. The summed E-state index contributed by atoms with van der Waals surface area (Å²) in [6, 6.07) is 7.41. The highest BCUT2D eigenvalue weighted by Gasteiger charge is 2.44. The fourth-order valence-corrected chi connectivity index (χ4v) is 2.44. The number of likely N-dealkylation sites (N-methyl/N-ethyl adjacent to an activating group) is 1. The Morgan fingerprint density at radius 2 is 1.89 bits per heavy atom. The first-order chi connectivity index (χ1) is 9.08. The third kappa shape index (κ3) is 2.41. The van der Waals surface area contributed by atoms with Gasteiger partial charge in [0.2, 0.25) is 5.91 Å². The van der Waals surface area contributed by atoms with Crippen LogP contribution >= 0.6 is 0 Å². The highest BCUT2D eigenvalue weighted by molar-refractivity contribution is 6.00. The molecule has 19 heavy (non-hydrogen) atoms.